The van der Waals surface area contributed by atoms with Crippen LogP contribution in [-0.4, -0.2) is 50.6 Å². The van der Waals surface area contributed by atoms with Crippen LogP contribution in [0.3, 0.4) is 0 Å². The van der Waals surface area contributed by atoms with Crippen LogP contribution in [0.1, 0.15) is 15.9 Å². The van der Waals surface area contributed by atoms with Crippen LogP contribution in [0.4, 0.5) is 11.4 Å². The van der Waals surface area contributed by atoms with Gasteiger partial charge in [0.15, 0.2) is 5.78 Å². The number of aliphatic hydroxyl groups excluding tert-OH is 2. The van der Waals surface area contributed by atoms with Crippen LogP contribution in [-0.2, 0) is 0 Å². The summed E-state index contributed by atoms with van der Waals surface area (Å²) >= 11 is 2.18. The van der Waals surface area contributed by atoms with Gasteiger partial charge < -0.3 is 10.2 Å². The molecule has 0 bridgehead atoms. The monoisotopic (exact) mass is 424 g/mol. The van der Waals surface area contributed by atoms with Crippen molar-refractivity contribution >= 4 is 40.7 Å². The fraction of sp³-hybridized carbons (Fsp3) is 0.235. The number of nitro groups is 2. The molecule has 0 aromatic heterocycles. The standard InChI is InChI=1S/C17H16N2O7S2/c20-5-7-27-15-3-1-11(9-13(15)18(23)24)17(22)12-2-4-16(28-8-6-21)14(10-12)19(25)26/h1-4,9-10,20-21H,5-8H2. The predicted molar refractivity (Wildman–Crippen MR) is 105 cm³/mol. The molecule has 28 heavy (non-hydrogen) atoms. The maximum absolute atomic E-state index is 12.7. The van der Waals surface area contributed by atoms with Crippen LogP contribution in [0, 0.1) is 20.2 Å². The summed E-state index contributed by atoms with van der Waals surface area (Å²) in [5.74, 6) is -0.0377. The van der Waals surface area contributed by atoms with Crippen molar-refractivity contribution in [3.63, 3.8) is 0 Å². The van der Waals surface area contributed by atoms with Gasteiger partial charge in [0.05, 0.1) is 32.9 Å². The highest BCUT2D eigenvalue weighted by atomic mass is 32.2. The quantitative estimate of drug-likeness (QED) is 0.254. The Kier molecular flexibility index (Phi) is 7.93. The lowest BCUT2D eigenvalue weighted by atomic mass is 10.0. The zero-order valence-corrected chi connectivity index (χ0v) is 16.1. The molecule has 0 saturated heterocycles. The van der Waals surface area contributed by atoms with E-state index >= 15 is 0 Å². The van der Waals surface area contributed by atoms with E-state index in [0.29, 0.717) is 9.79 Å². The Morgan fingerprint density at radius 3 is 1.54 bits per heavy atom. The Bertz CT molecular complexity index is 834. The third-order valence-electron chi connectivity index (χ3n) is 3.53. The molecular weight excluding hydrogens is 408 g/mol. The van der Waals surface area contributed by atoms with Gasteiger partial charge in [0, 0.05) is 34.8 Å². The van der Waals surface area contributed by atoms with Crippen LogP contribution in [0.25, 0.3) is 0 Å². The van der Waals surface area contributed by atoms with E-state index in [1.807, 2.05) is 0 Å². The van der Waals surface area contributed by atoms with Gasteiger partial charge in [0.1, 0.15) is 0 Å². The number of rotatable bonds is 10. The number of nitrogens with zero attached hydrogens (tertiary/aromatic N) is 2. The van der Waals surface area contributed by atoms with Gasteiger partial charge in [0.2, 0.25) is 0 Å². The molecule has 0 radical (unpaired) electrons. The summed E-state index contributed by atoms with van der Waals surface area (Å²) in [6.45, 7) is -0.292. The van der Waals surface area contributed by atoms with Crippen molar-refractivity contribution < 1.29 is 24.9 Å². The second-order valence-electron chi connectivity index (χ2n) is 5.35. The van der Waals surface area contributed by atoms with E-state index in [4.69, 9.17) is 10.2 Å². The maximum atomic E-state index is 12.7. The number of hydrogen-bond donors (Lipinski definition) is 2. The van der Waals surface area contributed by atoms with E-state index in [-0.39, 0.29) is 47.2 Å². The number of hydrogen-bond acceptors (Lipinski definition) is 9. The summed E-state index contributed by atoms with van der Waals surface area (Å²) in [6, 6.07) is 7.92. The van der Waals surface area contributed by atoms with Gasteiger partial charge in [0.25, 0.3) is 11.4 Å². The molecule has 0 fully saturated rings. The Morgan fingerprint density at radius 2 is 1.21 bits per heavy atom. The fourth-order valence-corrected chi connectivity index (χ4v) is 3.84. The van der Waals surface area contributed by atoms with E-state index in [2.05, 4.69) is 0 Å². The predicted octanol–water partition coefficient (Wildman–Crippen LogP) is 2.90. The van der Waals surface area contributed by atoms with Gasteiger partial charge in [-0.2, -0.15) is 0 Å². The van der Waals surface area contributed by atoms with Crippen LogP contribution in [0.5, 0.6) is 0 Å². The van der Waals surface area contributed by atoms with E-state index in [1.54, 1.807) is 0 Å². The second kappa shape index (κ2) is 10.2. The molecule has 0 aliphatic rings. The van der Waals surface area contributed by atoms with E-state index in [0.717, 1.165) is 35.7 Å². The molecule has 0 amide bonds. The van der Waals surface area contributed by atoms with Crippen molar-refractivity contribution in [3.8, 4) is 0 Å². The lowest BCUT2D eigenvalue weighted by Gasteiger charge is -2.07. The SMILES string of the molecule is O=C(c1ccc(SCCO)c([N+](=O)[O-])c1)c1ccc(SCCO)c([N+](=O)[O-])c1. The van der Waals surface area contributed by atoms with E-state index in [1.165, 1.54) is 24.3 Å². The first-order chi connectivity index (χ1) is 13.4. The third kappa shape index (κ3) is 5.29. The Labute approximate surface area is 168 Å². The first-order valence-corrected chi connectivity index (χ1v) is 9.95. The molecule has 0 heterocycles. The Balaban J connectivity index is 2.39. The maximum Gasteiger partial charge on any atom is 0.283 e. The number of thioether (sulfide) groups is 2. The van der Waals surface area contributed by atoms with Gasteiger partial charge >= 0.3 is 0 Å². The van der Waals surface area contributed by atoms with Crippen molar-refractivity contribution in [2.45, 2.75) is 9.79 Å². The smallest absolute Gasteiger partial charge is 0.283 e. The van der Waals surface area contributed by atoms with E-state index < -0.39 is 15.6 Å². The van der Waals surface area contributed by atoms with Crippen LogP contribution in [0.2, 0.25) is 0 Å². The summed E-state index contributed by atoms with van der Waals surface area (Å²) in [7, 11) is 0. The second-order valence-corrected chi connectivity index (χ2v) is 7.63. The molecule has 0 spiro atoms. The molecule has 0 atom stereocenters. The molecule has 11 heteroatoms. The summed E-state index contributed by atoms with van der Waals surface area (Å²) < 4.78 is 0. The minimum Gasteiger partial charge on any atom is -0.396 e. The molecule has 2 aromatic carbocycles. The number of aliphatic hydroxyl groups is 2. The molecule has 2 rings (SSSR count). The Hall–Kier alpha value is -2.47. The van der Waals surface area contributed by atoms with Crippen LogP contribution >= 0.6 is 23.5 Å². The number of benzene rings is 2. The summed E-state index contributed by atoms with van der Waals surface area (Å²) in [5, 5.41) is 40.3. The molecule has 2 N–H and O–H groups in total. The minimum atomic E-state index is -0.617. The zero-order valence-electron chi connectivity index (χ0n) is 14.4. The van der Waals surface area contributed by atoms with E-state index in [9.17, 15) is 25.0 Å². The number of carbonyl (C=O) groups excluding carboxylic acids is 1. The van der Waals surface area contributed by atoms with Crippen LogP contribution in [0.15, 0.2) is 46.2 Å². The highest BCUT2D eigenvalue weighted by molar-refractivity contribution is 7.99. The number of nitro benzene ring substituents is 2. The molecule has 9 nitrogen and oxygen atoms in total. The lowest BCUT2D eigenvalue weighted by molar-refractivity contribution is -0.387. The van der Waals surface area contributed by atoms with Gasteiger partial charge in [-0.05, 0) is 24.3 Å². The van der Waals surface area contributed by atoms with Crippen molar-refractivity contribution in [1.29, 1.82) is 0 Å². The normalized spacial score (nSPS) is 10.6. The molecular formula is C17H16N2O7S2. The topological polar surface area (TPSA) is 144 Å². The Morgan fingerprint density at radius 1 is 0.821 bits per heavy atom. The summed E-state index contributed by atoms with van der Waals surface area (Å²) in [6.07, 6.45) is 0. The summed E-state index contributed by atoms with van der Waals surface area (Å²) in [5.41, 5.74) is -0.474. The average Bonchev–Trinajstić information content (AvgIpc) is 2.69. The highest BCUT2D eigenvalue weighted by Crippen LogP contribution is 2.33. The lowest BCUT2D eigenvalue weighted by Crippen LogP contribution is -2.04. The third-order valence-corrected chi connectivity index (χ3v) is 5.62. The minimum absolute atomic E-state index is 0.0325. The largest absolute Gasteiger partial charge is 0.396 e. The van der Waals surface area contributed by atoms with Crippen molar-refractivity contribution in [2.75, 3.05) is 24.7 Å². The van der Waals surface area contributed by atoms with Gasteiger partial charge in [-0.15, -0.1) is 23.5 Å². The average molecular weight is 424 g/mol. The molecule has 2 aromatic rings. The molecule has 0 saturated carbocycles. The number of carbonyl (C=O) groups is 1. The van der Waals surface area contributed by atoms with Crippen molar-refractivity contribution in [1.82, 2.24) is 0 Å². The first-order valence-electron chi connectivity index (χ1n) is 7.98. The molecule has 0 aliphatic heterocycles. The number of ketones is 1. The first kappa shape index (κ1) is 21.8. The molecule has 0 unspecified atom stereocenters. The van der Waals surface area contributed by atoms with Gasteiger partial charge in [-0.25, -0.2) is 0 Å². The van der Waals surface area contributed by atoms with Crippen molar-refractivity contribution in [2.24, 2.45) is 0 Å². The van der Waals surface area contributed by atoms with Gasteiger partial charge in [-0.1, -0.05) is 0 Å². The fourth-order valence-electron chi connectivity index (χ4n) is 2.32. The molecule has 0 aliphatic carbocycles. The molecule has 148 valence electrons. The van der Waals surface area contributed by atoms with Crippen LogP contribution < -0.4 is 0 Å². The highest BCUT2D eigenvalue weighted by Gasteiger charge is 2.22. The van der Waals surface area contributed by atoms with Crippen molar-refractivity contribution in [3.05, 3.63) is 67.8 Å². The summed E-state index contributed by atoms with van der Waals surface area (Å²) in [4.78, 5) is 34.7. The van der Waals surface area contributed by atoms with Gasteiger partial charge in [-0.3, -0.25) is 25.0 Å². The zero-order chi connectivity index (χ0) is 20.7.